The van der Waals surface area contributed by atoms with E-state index in [1.807, 2.05) is 0 Å². The Balaban J connectivity index is 1.64. The van der Waals surface area contributed by atoms with Crippen molar-refractivity contribution in [3.63, 3.8) is 0 Å². The molecule has 0 aliphatic heterocycles. The number of fused-ring (bicyclic) bond motifs is 1. The summed E-state index contributed by atoms with van der Waals surface area (Å²) in [6.45, 7) is -0.599. The number of nitro benzene ring substituents is 1. The van der Waals surface area contributed by atoms with Gasteiger partial charge in [-0.25, -0.2) is 4.79 Å². The van der Waals surface area contributed by atoms with Gasteiger partial charge in [0.25, 0.3) is 11.6 Å². The fourth-order valence-corrected chi connectivity index (χ4v) is 4.04. The molecule has 0 bridgehead atoms. The number of ether oxygens (including phenoxy) is 1. The molecule has 26 heavy (non-hydrogen) atoms. The van der Waals surface area contributed by atoms with Crippen LogP contribution < -0.4 is 5.32 Å². The van der Waals surface area contributed by atoms with E-state index < -0.39 is 23.4 Å². The van der Waals surface area contributed by atoms with Gasteiger partial charge in [0.05, 0.1) is 10.5 Å². The number of carbonyl (C=O) groups excluding carboxylic acids is 2. The van der Waals surface area contributed by atoms with Crippen molar-refractivity contribution in [2.24, 2.45) is 0 Å². The molecule has 132 valence electrons. The van der Waals surface area contributed by atoms with Gasteiger partial charge in [0.1, 0.15) is 16.6 Å². The molecular formula is C17H13N3O5S. The lowest BCUT2D eigenvalue weighted by atomic mass is 10.1. The number of para-hydroxylation sites is 1. The standard InChI is InChI=1S/C17H13N3O5S/c18-8-12-10-5-3-7-14(10)26-16(12)19-15(21)9-25-17(22)11-4-1-2-6-13(11)20(23)24/h1-2,4,6H,3,5,7,9H2,(H,19,21). The van der Waals surface area contributed by atoms with Crippen molar-refractivity contribution >= 4 is 33.9 Å². The minimum Gasteiger partial charge on any atom is -0.452 e. The molecule has 2 aromatic rings. The van der Waals surface area contributed by atoms with Crippen molar-refractivity contribution in [2.75, 3.05) is 11.9 Å². The molecule has 1 aliphatic rings. The summed E-state index contributed by atoms with van der Waals surface area (Å²) in [6.07, 6.45) is 2.70. The van der Waals surface area contributed by atoms with Gasteiger partial charge >= 0.3 is 5.97 Å². The average Bonchev–Trinajstić information content (AvgIpc) is 3.20. The topological polar surface area (TPSA) is 122 Å². The third-order valence-corrected chi connectivity index (χ3v) is 5.15. The van der Waals surface area contributed by atoms with Crippen LogP contribution in [0.2, 0.25) is 0 Å². The molecule has 0 spiro atoms. The first-order chi connectivity index (χ1) is 12.5. The largest absolute Gasteiger partial charge is 0.452 e. The summed E-state index contributed by atoms with van der Waals surface area (Å²) < 4.78 is 4.87. The number of nitro groups is 1. The van der Waals surface area contributed by atoms with Gasteiger partial charge in [-0.2, -0.15) is 5.26 Å². The van der Waals surface area contributed by atoms with Gasteiger partial charge in [-0.3, -0.25) is 14.9 Å². The number of esters is 1. The molecule has 3 rings (SSSR count). The number of anilines is 1. The van der Waals surface area contributed by atoms with E-state index in [4.69, 9.17) is 4.74 Å². The Bertz CT molecular complexity index is 944. The van der Waals surface area contributed by atoms with Gasteiger partial charge in [0.15, 0.2) is 6.61 Å². The Kier molecular flexibility index (Phi) is 4.95. The van der Waals surface area contributed by atoms with Crippen molar-refractivity contribution < 1.29 is 19.2 Å². The maximum Gasteiger partial charge on any atom is 0.345 e. The third-order valence-electron chi connectivity index (χ3n) is 3.94. The zero-order valence-electron chi connectivity index (χ0n) is 13.5. The van der Waals surface area contributed by atoms with E-state index in [-0.39, 0.29) is 11.3 Å². The second kappa shape index (κ2) is 7.33. The lowest BCUT2D eigenvalue weighted by Crippen LogP contribution is -2.21. The Labute approximate surface area is 152 Å². The van der Waals surface area contributed by atoms with Gasteiger partial charge in [-0.05, 0) is 30.9 Å². The summed E-state index contributed by atoms with van der Waals surface area (Å²) >= 11 is 1.35. The molecule has 0 saturated heterocycles. The highest BCUT2D eigenvalue weighted by atomic mass is 32.1. The number of benzene rings is 1. The van der Waals surface area contributed by atoms with E-state index in [9.17, 15) is 25.0 Å². The van der Waals surface area contributed by atoms with Crippen molar-refractivity contribution in [2.45, 2.75) is 19.3 Å². The van der Waals surface area contributed by atoms with Gasteiger partial charge in [-0.15, -0.1) is 11.3 Å². The Morgan fingerprint density at radius 1 is 1.35 bits per heavy atom. The number of nitrogens with one attached hydrogen (secondary N) is 1. The monoisotopic (exact) mass is 371 g/mol. The molecule has 1 heterocycles. The normalized spacial score (nSPS) is 12.1. The summed E-state index contributed by atoms with van der Waals surface area (Å²) in [7, 11) is 0. The van der Waals surface area contributed by atoms with Crippen molar-refractivity contribution in [1.82, 2.24) is 0 Å². The van der Waals surface area contributed by atoms with Crippen LogP contribution in [0.5, 0.6) is 0 Å². The van der Waals surface area contributed by atoms with Crippen molar-refractivity contribution in [3.8, 4) is 6.07 Å². The van der Waals surface area contributed by atoms with Crippen LogP contribution in [0.15, 0.2) is 24.3 Å². The summed E-state index contributed by atoms with van der Waals surface area (Å²) in [5, 5.41) is 23.3. The highest BCUT2D eigenvalue weighted by Crippen LogP contribution is 2.38. The Morgan fingerprint density at radius 3 is 2.85 bits per heavy atom. The maximum absolute atomic E-state index is 12.0. The van der Waals surface area contributed by atoms with Crippen molar-refractivity contribution in [1.29, 1.82) is 5.26 Å². The first-order valence-corrected chi connectivity index (χ1v) is 8.58. The lowest BCUT2D eigenvalue weighted by Gasteiger charge is -2.06. The van der Waals surface area contributed by atoms with E-state index >= 15 is 0 Å². The molecule has 9 heteroatoms. The van der Waals surface area contributed by atoms with Crippen LogP contribution in [0.4, 0.5) is 10.7 Å². The lowest BCUT2D eigenvalue weighted by molar-refractivity contribution is -0.385. The first-order valence-electron chi connectivity index (χ1n) is 7.76. The zero-order valence-corrected chi connectivity index (χ0v) is 14.3. The average molecular weight is 371 g/mol. The Morgan fingerprint density at radius 2 is 2.12 bits per heavy atom. The fraction of sp³-hybridized carbons (Fsp3) is 0.235. The van der Waals surface area contributed by atoms with Gasteiger partial charge < -0.3 is 10.1 Å². The maximum atomic E-state index is 12.0. The number of nitrogens with zero attached hydrogens (tertiary/aromatic N) is 2. The third kappa shape index (κ3) is 3.41. The van der Waals surface area contributed by atoms with Crippen LogP contribution in [0.3, 0.4) is 0 Å². The van der Waals surface area contributed by atoms with Crippen LogP contribution in [0.1, 0.15) is 32.8 Å². The number of nitriles is 1. The minimum absolute atomic E-state index is 0.224. The van der Waals surface area contributed by atoms with Crippen LogP contribution in [-0.2, 0) is 22.4 Å². The highest BCUT2D eigenvalue weighted by molar-refractivity contribution is 7.16. The smallest absolute Gasteiger partial charge is 0.345 e. The number of carbonyl (C=O) groups is 2. The SMILES string of the molecule is N#Cc1c(NC(=O)COC(=O)c2ccccc2[N+](=O)[O-])sc2c1CCC2. The predicted molar refractivity (Wildman–Crippen MR) is 93.1 cm³/mol. The Hall–Kier alpha value is -3.25. The van der Waals surface area contributed by atoms with E-state index in [1.165, 1.54) is 35.6 Å². The summed E-state index contributed by atoms with van der Waals surface area (Å²) in [4.78, 5) is 35.4. The molecule has 1 aromatic heterocycles. The molecule has 0 saturated carbocycles. The van der Waals surface area contributed by atoms with E-state index in [2.05, 4.69) is 11.4 Å². The number of rotatable bonds is 5. The fourth-order valence-electron chi connectivity index (χ4n) is 2.79. The molecule has 0 atom stereocenters. The molecule has 0 unspecified atom stereocenters. The number of thiophene rings is 1. The van der Waals surface area contributed by atoms with Crippen LogP contribution in [0, 0.1) is 21.4 Å². The zero-order chi connectivity index (χ0) is 18.7. The number of aryl methyl sites for hydroxylation is 1. The second-order valence-electron chi connectivity index (χ2n) is 5.57. The molecule has 1 aliphatic carbocycles. The summed E-state index contributed by atoms with van der Waals surface area (Å²) in [6, 6.07) is 7.45. The predicted octanol–water partition coefficient (Wildman–Crippen LogP) is 2.81. The van der Waals surface area contributed by atoms with Gasteiger partial charge in [0, 0.05) is 10.9 Å². The molecule has 0 fully saturated rings. The molecule has 1 aromatic carbocycles. The number of amides is 1. The molecule has 1 N–H and O–H groups in total. The van der Waals surface area contributed by atoms with Crippen LogP contribution in [-0.4, -0.2) is 23.4 Å². The highest BCUT2D eigenvalue weighted by Gasteiger charge is 2.24. The minimum atomic E-state index is -0.957. The van der Waals surface area contributed by atoms with E-state index in [1.54, 1.807) is 0 Å². The second-order valence-corrected chi connectivity index (χ2v) is 6.68. The summed E-state index contributed by atoms with van der Waals surface area (Å²) in [5.74, 6) is -1.56. The van der Waals surface area contributed by atoms with Gasteiger partial charge in [-0.1, -0.05) is 12.1 Å². The summed E-state index contributed by atoms with van der Waals surface area (Å²) in [5.41, 5.74) is 0.822. The molecule has 0 radical (unpaired) electrons. The number of hydrogen-bond acceptors (Lipinski definition) is 7. The quantitative estimate of drug-likeness (QED) is 0.490. The van der Waals surface area contributed by atoms with E-state index in [0.29, 0.717) is 10.6 Å². The molecule has 8 nitrogen and oxygen atoms in total. The van der Waals surface area contributed by atoms with E-state index in [0.717, 1.165) is 29.7 Å². The van der Waals surface area contributed by atoms with Crippen LogP contribution in [0.25, 0.3) is 0 Å². The number of hydrogen-bond donors (Lipinski definition) is 1. The van der Waals surface area contributed by atoms with Gasteiger partial charge in [0.2, 0.25) is 0 Å². The van der Waals surface area contributed by atoms with Crippen LogP contribution >= 0.6 is 11.3 Å². The molecule has 1 amide bonds. The van der Waals surface area contributed by atoms with Crippen molar-refractivity contribution in [3.05, 3.63) is 55.9 Å². The molecular weight excluding hydrogens is 358 g/mol. The first kappa shape index (κ1) is 17.6.